The van der Waals surface area contributed by atoms with Crippen LogP contribution in [0.5, 0.6) is 0 Å². The minimum absolute atomic E-state index is 0.245. The first kappa shape index (κ1) is 11.4. The van der Waals surface area contributed by atoms with Gasteiger partial charge in [0.05, 0.1) is 10.5 Å². The number of carbonyl (C=O) groups is 1. The summed E-state index contributed by atoms with van der Waals surface area (Å²) in [6.45, 7) is 0.245. The van der Waals surface area contributed by atoms with E-state index in [4.69, 9.17) is 0 Å². The van der Waals surface area contributed by atoms with Crippen molar-refractivity contribution in [3.05, 3.63) is 29.6 Å². The molecular formula is C10H7BrF3NO. The summed E-state index contributed by atoms with van der Waals surface area (Å²) in [7, 11) is 0. The molecule has 0 bridgehead atoms. The third kappa shape index (κ3) is 1.81. The van der Waals surface area contributed by atoms with E-state index in [0.29, 0.717) is 12.5 Å². The largest absolute Gasteiger partial charge is 0.308 e. The van der Waals surface area contributed by atoms with Crippen molar-refractivity contribution in [2.24, 2.45) is 0 Å². The summed E-state index contributed by atoms with van der Waals surface area (Å²) in [6.07, 6.45) is 0.483. The van der Waals surface area contributed by atoms with Crippen molar-refractivity contribution >= 4 is 27.5 Å². The highest BCUT2D eigenvalue weighted by molar-refractivity contribution is 9.10. The van der Waals surface area contributed by atoms with Crippen LogP contribution in [0, 0.1) is 17.5 Å². The third-order valence-electron chi connectivity index (χ3n) is 2.40. The van der Waals surface area contributed by atoms with Gasteiger partial charge in [0, 0.05) is 18.7 Å². The molecule has 2 rings (SSSR count). The molecule has 1 saturated heterocycles. The Bertz CT molecular complexity index is 452. The van der Waals surface area contributed by atoms with Crippen molar-refractivity contribution in [1.29, 1.82) is 0 Å². The predicted octanol–water partition coefficient (Wildman–Crippen LogP) is 2.60. The van der Waals surface area contributed by atoms with Gasteiger partial charge in [-0.3, -0.25) is 4.79 Å². The number of hydrogen-bond donors (Lipinski definition) is 0. The van der Waals surface area contributed by atoms with Crippen molar-refractivity contribution in [2.45, 2.75) is 11.2 Å². The van der Waals surface area contributed by atoms with Crippen LogP contribution in [0.15, 0.2) is 12.1 Å². The van der Waals surface area contributed by atoms with Crippen molar-refractivity contribution in [1.82, 2.24) is 0 Å². The highest BCUT2D eigenvalue weighted by Gasteiger charge is 2.32. The number of benzene rings is 1. The number of alkyl halides is 1. The summed E-state index contributed by atoms with van der Waals surface area (Å²) in [5, 5.41) is 0. The van der Waals surface area contributed by atoms with E-state index in [1.54, 1.807) is 0 Å². The van der Waals surface area contributed by atoms with Crippen LogP contribution in [0.4, 0.5) is 18.9 Å². The number of rotatable bonds is 1. The van der Waals surface area contributed by atoms with Crippen LogP contribution in [0.25, 0.3) is 0 Å². The Labute approximate surface area is 98.2 Å². The Balaban J connectivity index is 2.45. The van der Waals surface area contributed by atoms with Crippen molar-refractivity contribution in [2.75, 3.05) is 11.4 Å². The topological polar surface area (TPSA) is 20.3 Å². The first-order chi connectivity index (χ1) is 7.50. The van der Waals surface area contributed by atoms with Gasteiger partial charge in [0.1, 0.15) is 5.82 Å². The fraction of sp³-hybridized carbons (Fsp3) is 0.300. The van der Waals surface area contributed by atoms with Crippen LogP contribution in [0.3, 0.4) is 0 Å². The zero-order chi connectivity index (χ0) is 11.9. The van der Waals surface area contributed by atoms with Gasteiger partial charge in [-0.05, 0) is 6.42 Å². The van der Waals surface area contributed by atoms with Crippen LogP contribution in [0.1, 0.15) is 6.42 Å². The lowest BCUT2D eigenvalue weighted by Gasteiger charge is -2.16. The molecule has 0 saturated carbocycles. The van der Waals surface area contributed by atoms with E-state index in [1.165, 1.54) is 0 Å². The maximum atomic E-state index is 13.4. The second-order valence-corrected chi connectivity index (χ2v) is 4.57. The number of amides is 1. The Hall–Kier alpha value is -1.04. The standard InChI is InChI=1S/C10H7BrF3NO/c11-6-1-2-15(10(6)16)8-4-5(12)3-7(13)9(8)14/h3-4,6H,1-2H2. The molecular weight excluding hydrogens is 287 g/mol. The van der Waals surface area contributed by atoms with Crippen LogP contribution in [-0.2, 0) is 4.79 Å². The normalized spacial score (nSPS) is 20.6. The SMILES string of the molecule is O=C1C(Br)CCN1c1cc(F)cc(F)c1F. The molecule has 1 heterocycles. The Kier molecular flexibility index (Phi) is 2.92. The second-order valence-electron chi connectivity index (χ2n) is 3.47. The minimum Gasteiger partial charge on any atom is -0.308 e. The summed E-state index contributed by atoms with van der Waals surface area (Å²) >= 11 is 3.10. The molecule has 1 atom stereocenters. The van der Waals surface area contributed by atoms with Gasteiger partial charge in [-0.1, -0.05) is 15.9 Å². The number of nitrogens with zero attached hydrogens (tertiary/aromatic N) is 1. The molecule has 0 aliphatic carbocycles. The first-order valence-corrected chi connectivity index (χ1v) is 5.52. The number of hydrogen-bond acceptors (Lipinski definition) is 1. The van der Waals surface area contributed by atoms with Gasteiger partial charge in [-0.25, -0.2) is 13.2 Å². The Morgan fingerprint density at radius 3 is 2.56 bits per heavy atom. The molecule has 16 heavy (non-hydrogen) atoms. The van der Waals surface area contributed by atoms with E-state index in [9.17, 15) is 18.0 Å². The maximum absolute atomic E-state index is 13.4. The summed E-state index contributed by atoms with van der Waals surface area (Å²) in [5.41, 5.74) is -0.343. The van der Waals surface area contributed by atoms with Gasteiger partial charge < -0.3 is 4.90 Å². The van der Waals surface area contributed by atoms with E-state index in [0.717, 1.165) is 11.0 Å². The average Bonchev–Trinajstić information content (AvgIpc) is 2.54. The molecule has 1 aromatic rings. The second kappa shape index (κ2) is 4.08. The van der Waals surface area contributed by atoms with Crippen LogP contribution in [0.2, 0.25) is 0 Å². The lowest BCUT2D eigenvalue weighted by molar-refractivity contribution is -0.116. The quantitative estimate of drug-likeness (QED) is 0.576. The molecule has 1 fully saturated rings. The number of halogens is 4. The molecule has 2 nitrogen and oxygen atoms in total. The molecule has 0 spiro atoms. The lowest BCUT2D eigenvalue weighted by Crippen LogP contribution is -2.28. The van der Waals surface area contributed by atoms with Gasteiger partial charge in [0.25, 0.3) is 0 Å². The van der Waals surface area contributed by atoms with Crippen LogP contribution < -0.4 is 4.90 Å². The highest BCUT2D eigenvalue weighted by atomic mass is 79.9. The van der Waals surface area contributed by atoms with Gasteiger partial charge in [-0.15, -0.1) is 0 Å². The van der Waals surface area contributed by atoms with Crippen LogP contribution >= 0.6 is 15.9 Å². The van der Waals surface area contributed by atoms with E-state index in [-0.39, 0.29) is 18.1 Å². The maximum Gasteiger partial charge on any atom is 0.240 e. The molecule has 86 valence electrons. The van der Waals surface area contributed by atoms with E-state index in [1.807, 2.05) is 0 Å². The molecule has 1 aliphatic rings. The van der Waals surface area contributed by atoms with E-state index < -0.39 is 22.3 Å². The average molecular weight is 294 g/mol. The first-order valence-electron chi connectivity index (χ1n) is 4.60. The van der Waals surface area contributed by atoms with Gasteiger partial charge >= 0.3 is 0 Å². The number of carbonyl (C=O) groups excluding carboxylic acids is 1. The fourth-order valence-electron chi connectivity index (χ4n) is 1.62. The lowest BCUT2D eigenvalue weighted by atomic mass is 10.2. The summed E-state index contributed by atoms with van der Waals surface area (Å²) in [6, 6.07) is 1.27. The Morgan fingerprint density at radius 2 is 2.00 bits per heavy atom. The highest BCUT2D eigenvalue weighted by Crippen LogP contribution is 2.29. The number of anilines is 1. The molecule has 1 aromatic carbocycles. The zero-order valence-corrected chi connectivity index (χ0v) is 9.60. The van der Waals surface area contributed by atoms with Crippen molar-refractivity contribution in [3.63, 3.8) is 0 Å². The summed E-state index contributed by atoms with van der Waals surface area (Å²) < 4.78 is 39.3. The van der Waals surface area contributed by atoms with Gasteiger partial charge in [-0.2, -0.15) is 0 Å². The van der Waals surface area contributed by atoms with Gasteiger partial charge in [0.2, 0.25) is 5.91 Å². The molecule has 0 radical (unpaired) electrons. The minimum atomic E-state index is -1.29. The zero-order valence-electron chi connectivity index (χ0n) is 8.01. The van der Waals surface area contributed by atoms with Crippen molar-refractivity contribution < 1.29 is 18.0 Å². The van der Waals surface area contributed by atoms with Gasteiger partial charge in [0.15, 0.2) is 11.6 Å². The third-order valence-corrected chi connectivity index (χ3v) is 3.25. The van der Waals surface area contributed by atoms with Crippen LogP contribution in [-0.4, -0.2) is 17.3 Å². The fourth-order valence-corrected chi connectivity index (χ4v) is 2.08. The summed E-state index contributed by atoms with van der Waals surface area (Å²) in [5.74, 6) is -3.78. The molecule has 1 amide bonds. The van der Waals surface area contributed by atoms with E-state index in [2.05, 4.69) is 15.9 Å². The predicted molar refractivity (Wildman–Crippen MR) is 56.0 cm³/mol. The Morgan fingerprint density at radius 1 is 1.31 bits per heavy atom. The molecule has 0 N–H and O–H groups in total. The van der Waals surface area contributed by atoms with Crippen molar-refractivity contribution in [3.8, 4) is 0 Å². The monoisotopic (exact) mass is 293 g/mol. The molecule has 1 aliphatic heterocycles. The molecule has 0 aromatic heterocycles. The summed E-state index contributed by atoms with van der Waals surface area (Å²) in [4.78, 5) is 12.2. The van der Waals surface area contributed by atoms with E-state index >= 15 is 0 Å². The smallest absolute Gasteiger partial charge is 0.240 e. The molecule has 1 unspecified atom stereocenters. The molecule has 6 heteroatoms.